The molecule has 0 unspecified atom stereocenters. The van der Waals surface area contributed by atoms with E-state index in [2.05, 4.69) is 62.1 Å². The molecule has 146 valence electrons. The quantitative estimate of drug-likeness (QED) is 0.660. The lowest BCUT2D eigenvalue weighted by Gasteiger charge is -2.34. The molecule has 1 aliphatic rings. The molecule has 4 nitrogen and oxygen atoms in total. The molecule has 3 aromatic rings. The number of carbonyl (C=O) groups excluding carboxylic acids is 1. The van der Waals surface area contributed by atoms with Crippen molar-refractivity contribution in [2.75, 3.05) is 31.1 Å². The van der Waals surface area contributed by atoms with Crippen LogP contribution in [0.5, 0.6) is 0 Å². The third-order valence-corrected chi connectivity index (χ3v) is 6.68. The highest BCUT2D eigenvalue weighted by Crippen LogP contribution is 2.30. The number of aryl methyl sites for hydroxylation is 3. The fourth-order valence-electron chi connectivity index (χ4n) is 3.72. The number of carbonyl (C=O) groups is 1. The average molecular weight is 394 g/mol. The van der Waals surface area contributed by atoms with Gasteiger partial charge in [-0.1, -0.05) is 48.1 Å². The van der Waals surface area contributed by atoms with Gasteiger partial charge in [-0.3, -0.25) is 4.79 Å². The van der Waals surface area contributed by atoms with Crippen molar-refractivity contribution < 1.29 is 4.79 Å². The maximum Gasteiger partial charge on any atom is 0.227 e. The molecular formula is C23H27N3OS. The highest BCUT2D eigenvalue weighted by Gasteiger charge is 2.23. The zero-order chi connectivity index (χ0) is 19.7. The van der Waals surface area contributed by atoms with Crippen molar-refractivity contribution in [3.05, 3.63) is 58.7 Å². The number of piperazine rings is 1. The van der Waals surface area contributed by atoms with Crippen molar-refractivity contribution >= 4 is 32.6 Å². The number of aromatic nitrogens is 1. The van der Waals surface area contributed by atoms with E-state index in [0.717, 1.165) is 48.8 Å². The summed E-state index contributed by atoms with van der Waals surface area (Å²) in [4.78, 5) is 21.9. The number of amides is 1. The van der Waals surface area contributed by atoms with Crippen molar-refractivity contribution in [1.82, 2.24) is 9.88 Å². The Labute approximate surface area is 170 Å². The summed E-state index contributed by atoms with van der Waals surface area (Å²) in [7, 11) is 0. The minimum absolute atomic E-state index is 0.227. The van der Waals surface area contributed by atoms with Gasteiger partial charge in [0.1, 0.15) is 0 Å². The molecule has 0 atom stereocenters. The van der Waals surface area contributed by atoms with Gasteiger partial charge in [0.25, 0.3) is 0 Å². The minimum Gasteiger partial charge on any atom is -0.345 e. The Hall–Kier alpha value is -2.40. The normalized spacial score (nSPS) is 14.7. The first-order chi connectivity index (χ1) is 13.5. The summed E-state index contributed by atoms with van der Waals surface area (Å²) in [5.41, 5.74) is 5.97. The maximum atomic E-state index is 12.8. The summed E-state index contributed by atoms with van der Waals surface area (Å²) in [6, 6.07) is 12.9. The van der Waals surface area contributed by atoms with Crippen LogP contribution in [0.3, 0.4) is 0 Å². The van der Waals surface area contributed by atoms with E-state index in [-0.39, 0.29) is 5.91 Å². The Morgan fingerprint density at radius 2 is 1.86 bits per heavy atom. The van der Waals surface area contributed by atoms with E-state index in [0.29, 0.717) is 6.42 Å². The van der Waals surface area contributed by atoms with E-state index in [9.17, 15) is 4.79 Å². The van der Waals surface area contributed by atoms with E-state index in [1.807, 2.05) is 4.90 Å². The Morgan fingerprint density at radius 1 is 1.07 bits per heavy atom. The monoisotopic (exact) mass is 393 g/mol. The Morgan fingerprint density at radius 3 is 2.61 bits per heavy atom. The molecule has 0 spiro atoms. The van der Waals surface area contributed by atoms with Gasteiger partial charge in [-0.25, -0.2) is 4.98 Å². The number of hydrogen-bond donors (Lipinski definition) is 0. The molecule has 4 rings (SSSR count). The molecule has 0 N–H and O–H groups in total. The molecule has 28 heavy (non-hydrogen) atoms. The molecule has 1 aliphatic heterocycles. The third-order valence-electron chi connectivity index (χ3n) is 5.60. The molecule has 1 aromatic heterocycles. The molecule has 0 aliphatic carbocycles. The zero-order valence-corrected chi connectivity index (χ0v) is 17.7. The van der Waals surface area contributed by atoms with E-state index < -0.39 is 0 Å². The van der Waals surface area contributed by atoms with Crippen LogP contribution in [0.15, 0.2) is 36.4 Å². The highest BCUT2D eigenvalue weighted by atomic mass is 32.1. The van der Waals surface area contributed by atoms with Gasteiger partial charge in [-0.05, 0) is 49.1 Å². The predicted octanol–water partition coefficient (Wildman–Crippen LogP) is 4.37. The second-order valence-corrected chi connectivity index (χ2v) is 8.64. The van der Waals surface area contributed by atoms with Crippen LogP contribution in [0.4, 0.5) is 5.13 Å². The van der Waals surface area contributed by atoms with Crippen LogP contribution in [-0.4, -0.2) is 42.0 Å². The topological polar surface area (TPSA) is 36.4 Å². The fourth-order valence-corrected chi connectivity index (χ4v) is 4.81. The first kappa shape index (κ1) is 18.9. The second-order valence-electron chi connectivity index (χ2n) is 7.63. The number of hydrogen-bond acceptors (Lipinski definition) is 4. The average Bonchev–Trinajstić information content (AvgIpc) is 3.14. The Kier molecular flexibility index (Phi) is 5.36. The summed E-state index contributed by atoms with van der Waals surface area (Å²) in [6.07, 6.45) is 1.54. The molecule has 1 amide bonds. The van der Waals surface area contributed by atoms with Crippen LogP contribution in [0.2, 0.25) is 0 Å². The van der Waals surface area contributed by atoms with Crippen molar-refractivity contribution in [2.45, 2.75) is 33.6 Å². The first-order valence-electron chi connectivity index (χ1n) is 10.0. The molecule has 1 fully saturated rings. The number of rotatable bonds is 4. The summed E-state index contributed by atoms with van der Waals surface area (Å²) in [5.74, 6) is 0.227. The summed E-state index contributed by atoms with van der Waals surface area (Å²) in [5, 5.41) is 1.07. The summed E-state index contributed by atoms with van der Waals surface area (Å²) < 4.78 is 1.25. The molecule has 2 heterocycles. The van der Waals surface area contributed by atoms with Gasteiger partial charge >= 0.3 is 0 Å². The standard InChI is InChI=1S/C23H27N3OS/c1-4-18-7-8-20-21(14-18)28-23(24-20)26-11-9-25(10-12-26)22(27)15-19-13-16(2)5-6-17(19)3/h5-8,13-14H,4,9-12,15H2,1-3H3. The zero-order valence-electron chi connectivity index (χ0n) is 16.9. The molecule has 1 saturated heterocycles. The second kappa shape index (κ2) is 7.92. The smallest absolute Gasteiger partial charge is 0.227 e. The van der Waals surface area contributed by atoms with Crippen LogP contribution in [0.25, 0.3) is 10.2 Å². The van der Waals surface area contributed by atoms with Gasteiger partial charge in [0.2, 0.25) is 5.91 Å². The lowest BCUT2D eigenvalue weighted by molar-refractivity contribution is -0.130. The van der Waals surface area contributed by atoms with Crippen molar-refractivity contribution in [2.24, 2.45) is 0 Å². The van der Waals surface area contributed by atoms with Gasteiger partial charge in [0.15, 0.2) is 5.13 Å². The SMILES string of the molecule is CCc1ccc2nc(N3CCN(C(=O)Cc4cc(C)ccc4C)CC3)sc2c1. The molecule has 0 saturated carbocycles. The number of fused-ring (bicyclic) bond motifs is 1. The van der Waals surface area contributed by atoms with Crippen LogP contribution < -0.4 is 4.90 Å². The van der Waals surface area contributed by atoms with Crippen LogP contribution in [-0.2, 0) is 17.6 Å². The molecule has 2 aromatic carbocycles. The highest BCUT2D eigenvalue weighted by molar-refractivity contribution is 7.22. The summed E-state index contributed by atoms with van der Waals surface area (Å²) in [6.45, 7) is 9.56. The minimum atomic E-state index is 0.227. The lowest BCUT2D eigenvalue weighted by atomic mass is 10.0. The van der Waals surface area contributed by atoms with E-state index in [1.54, 1.807) is 11.3 Å². The maximum absolute atomic E-state index is 12.8. The molecule has 0 radical (unpaired) electrons. The van der Waals surface area contributed by atoms with Crippen molar-refractivity contribution in [1.29, 1.82) is 0 Å². The predicted molar refractivity (Wildman–Crippen MR) is 117 cm³/mol. The number of thiazole rings is 1. The fraction of sp³-hybridized carbons (Fsp3) is 0.391. The first-order valence-corrected chi connectivity index (χ1v) is 10.8. The lowest BCUT2D eigenvalue weighted by Crippen LogP contribution is -2.49. The van der Waals surface area contributed by atoms with Crippen LogP contribution >= 0.6 is 11.3 Å². The third kappa shape index (κ3) is 3.90. The number of benzene rings is 2. The summed E-state index contributed by atoms with van der Waals surface area (Å²) >= 11 is 1.76. The largest absolute Gasteiger partial charge is 0.345 e. The van der Waals surface area contributed by atoms with Gasteiger partial charge < -0.3 is 9.80 Å². The van der Waals surface area contributed by atoms with Crippen LogP contribution in [0, 0.1) is 13.8 Å². The molecule has 5 heteroatoms. The molecule has 0 bridgehead atoms. The van der Waals surface area contributed by atoms with Crippen molar-refractivity contribution in [3.63, 3.8) is 0 Å². The van der Waals surface area contributed by atoms with Crippen LogP contribution in [0.1, 0.15) is 29.2 Å². The van der Waals surface area contributed by atoms with Gasteiger partial charge in [-0.2, -0.15) is 0 Å². The number of nitrogens with zero attached hydrogens (tertiary/aromatic N) is 3. The Bertz CT molecular complexity index is 1000. The van der Waals surface area contributed by atoms with Gasteiger partial charge in [0.05, 0.1) is 16.6 Å². The van der Waals surface area contributed by atoms with Gasteiger partial charge in [0, 0.05) is 26.2 Å². The van der Waals surface area contributed by atoms with Crippen molar-refractivity contribution in [3.8, 4) is 0 Å². The van der Waals surface area contributed by atoms with Gasteiger partial charge in [-0.15, -0.1) is 0 Å². The van der Waals surface area contributed by atoms with E-state index in [1.165, 1.54) is 21.4 Å². The van der Waals surface area contributed by atoms with E-state index in [4.69, 9.17) is 4.98 Å². The number of anilines is 1. The Balaban J connectivity index is 1.40. The van der Waals surface area contributed by atoms with E-state index >= 15 is 0 Å². The molecular weight excluding hydrogens is 366 g/mol.